The first-order valence-corrected chi connectivity index (χ1v) is 16.8. The van der Waals surface area contributed by atoms with Gasteiger partial charge in [-0.1, -0.05) is 55.8 Å². The molecule has 4 amide bonds. The van der Waals surface area contributed by atoms with Crippen LogP contribution in [0.2, 0.25) is 0 Å². The smallest absolute Gasteiger partial charge is 0.414 e. The number of methoxy groups -OCH3 is 1. The minimum absolute atomic E-state index is 0.00768. The molecule has 13 nitrogen and oxygen atoms in total. The zero-order valence-corrected chi connectivity index (χ0v) is 29.6. The van der Waals surface area contributed by atoms with E-state index >= 15 is 0 Å². The van der Waals surface area contributed by atoms with E-state index in [1.165, 1.54) is 38.1 Å². The fourth-order valence-electron chi connectivity index (χ4n) is 6.62. The molecule has 50 heavy (non-hydrogen) atoms. The number of amides is 4. The van der Waals surface area contributed by atoms with E-state index in [2.05, 4.69) is 16.0 Å². The fourth-order valence-corrected chi connectivity index (χ4v) is 6.62. The van der Waals surface area contributed by atoms with Crippen LogP contribution in [-0.2, 0) is 39.2 Å². The number of carbonyl (C=O) groups excluding carboxylic acids is 5. The summed E-state index contributed by atoms with van der Waals surface area (Å²) in [5.74, 6) is -4.39. The van der Waals surface area contributed by atoms with Crippen molar-refractivity contribution < 1.29 is 43.3 Å². The molecule has 13 heteroatoms. The van der Waals surface area contributed by atoms with Gasteiger partial charge < -0.3 is 34.9 Å². The van der Waals surface area contributed by atoms with Crippen LogP contribution in [-0.4, -0.2) is 72.1 Å². The fraction of sp³-hybridized carbons (Fsp3) is 0.486. The highest BCUT2D eigenvalue weighted by Gasteiger charge is 2.48. The van der Waals surface area contributed by atoms with Crippen LogP contribution in [0.1, 0.15) is 77.5 Å². The Morgan fingerprint density at radius 2 is 1.62 bits per heavy atom. The Morgan fingerprint density at radius 3 is 2.30 bits per heavy atom. The lowest BCUT2D eigenvalue weighted by Crippen LogP contribution is -2.57. The number of fused-ring (bicyclic) bond motifs is 1. The summed E-state index contributed by atoms with van der Waals surface area (Å²) in [6.45, 7) is 9.04. The number of carbonyl (C=O) groups is 5. The maximum Gasteiger partial charge on any atom is 0.414 e. The largest absolute Gasteiger partial charge is 0.508 e. The summed E-state index contributed by atoms with van der Waals surface area (Å²) in [5.41, 5.74) is 2.31. The second kappa shape index (κ2) is 16.2. The van der Waals surface area contributed by atoms with Crippen molar-refractivity contribution in [2.75, 3.05) is 19.5 Å². The summed E-state index contributed by atoms with van der Waals surface area (Å²) in [4.78, 5) is 68.9. The first kappa shape index (κ1) is 37.9. The molecule has 0 aliphatic carbocycles. The lowest BCUT2D eigenvalue weighted by Gasteiger charge is -2.41. The van der Waals surface area contributed by atoms with E-state index in [4.69, 9.17) is 14.2 Å². The maximum absolute atomic E-state index is 14.4. The molecule has 0 aromatic heterocycles. The van der Waals surface area contributed by atoms with E-state index < -0.39 is 59.8 Å². The average Bonchev–Trinajstić information content (AvgIpc) is 3.05. The Labute approximate surface area is 292 Å². The number of hydrogen-bond donors (Lipinski definition) is 4. The molecule has 270 valence electrons. The Hall–Kier alpha value is -4.91. The maximum atomic E-state index is 14.4. The first-order valence-electron chi connectivity index (χ1n) is 16.8. The first-order chi connectivity index (χ1) is 23.6. The number of benzene rings is 2. The van der Waals surface area contributed by atoms with Crippen LogP contribution in [0.3, 0.4) is 0 Å². The van der Waals surface area contributed by atoms with Crippen molar-refractivity contribution in [1.82, 2.24) is 15.5 Å². The highest BCUT2D eigenvalue weighted by Crippen LogP contribution is 2.41. The topological polar surface area (TPSA) is 173 Å². The molecule has 2 aliphatic rings. The number of ether oxygens (including phenoxy) is 3. The number of para-hydroxylation sites is 1. The third-order valence-corrected chi connectivity index (χ3v) is 9.13. The lowest BCUT2D eigenvalue weighted by molar-refractivity contribution is -0.206. The van der Waals surface area contributed by atoms with Gasteiger partial charge in [0.15, 0.2) is 0 Å². The van der Waals surface area contributed by atoms with Crippen molar-refractivity contribution >= 4 is 35.5 Å². The zero-order chi connectivity index (χ0) is 36.7. The number of phenolic OH excluding ortho intramolecular Hbond substituents is 1. The van der Waals surface area contributed by atoms with Gasteiger partial charge >= 0.3 is 12.1 Å². The second-order valence-corrected chi connectivity index (χ2v) is 13.4. The molecule has 0 fully saturated rings. The SMILES string of the molecule is COC1(C[C@@H]2C(=O)N[C@@H](c3ccc(O)cc3)CC(=O)O[C@@H](C)C[C@@H](C)/C=C(\C)C[C@H](C)C(=O)N[C@@H](C)C(=O)N2C)OC(=O)Nc2ccccc21. The zero-order valence-electron chi connectivity index (χ0n) is 29.6. The molecule has 1 unspecified atom stereocenters. The number of rotatable bonds is 4. The van der Waals surface area contributed by atoms with Gasteiger partial charge in [-0.2, -0.15) is 0 Å². The average molecular weight is 693 g/mol. The quantitative estimate of drug-likeness (QED) is 0.263. The molecule has 0 saturated carbocycles. The van der Waals surface area contributed by atoms with Crippen molar-refractivity contribution in [2.45, 2.75) is 90.3 Å². The van der Waals surface area contributed by atoms with E-state index in [1.54, 1.807) is 50.2 Å². The highest BCUT2D eigenvalue weighted by molar-refractivity contribution is 5.93. The number of phenols is 1. The van der Waals surface area contributed by atoms with E-state index in [-0.39, 0.29) is 30.4 Å². The van der Waals surface area contributed by atoms with Crippen molar-refractivity contribution in [3.05, 3.63) is 71.3 Å². The van der Waals surface area contributed by atoms with E-state index in [1.807, 2.05) is 19.9 Å². The molecular weight excluding hydrogens is 644 g/mol. The van der Waals surface area contributed by atoms with Gasteiger partial charge in [0, 0.05) is 32.1 Å². The Bertz CT molecular complexity index is 1610. The Morgan fingerprint density at radius 1 is 0.940 bits per heavy atom. The third-order valence-electron chi connectivity index (χ3n) is 9.13. The van der Waals surface area contributed by atoms with Crippen LogP contribution in [0.5, 0.6) is 5.75 Å². The standard InChI is InChI=1S/C37H48N4O9/c1-21-16-22(2)18-24(4)49-32(43)19-30(26-12-14-27(42)15-13-26)39-34(45)31(41(6)35(46)25(5)38-33(44)23(3)17-21)20-37(48-7)28-10-8-9-11-29(28)40-36(47)50-37/h8-16,22-25,30-31,42H,17-20H2,1-7H3,(H,38,44)(H,39,45)(H,40,47)/b21-16+/t22-,23-,24-,25-,30+,31+,37?/m0/s1. The third kappa shape index (κ3) is 9.20. The summed E-state index contributed by atoms with van der Waals surface area (Å²) >= 11 is 0. The normalized spacial score (nSPS) is 30.1. The molecular formula is C37H48N4O9. The monoisotopic (exact) mass is 692 g/mol. The Kier molecular flexibility index (Phi) is 12.3. The highest BCUT2D eigenvalue weighted by atomic mass is 16.7. The second-order valence-electron chi connectivity index (χ2n) is 13.4. The van der Waals surface area contributed by atoms with Crippen LogP contribution in [0.4, 0.5) is 10.5 Å². The summed E-state index contributed by atoms with van der Waals surface area (Å²) in [7, 11) is 2.75. The molecule has 4 rings (SSSR count). The van der Waals surface area contributed by atoms with Gasteiger partial charge in [-0.25, -0.2) is 4.79 Å². The molecule has 2 aromatic rings. The minimum Gasteiger partial charge on any atom is -0.508 e. The molecule has 2 heterocycles. The minimum atomic E-state index is -1.80. The number of nitrogens with zero attached hydrogens (tertiary/aromatic N) is 1. The predicted octanol–water partition coefficient (Wildman–Crippen LogP) is 4.67. The summed E-state index contributed by atoms with van der Waals surface area (Å²) in [6, 6.07) is 9.49. The molecule has 2 aromatic carbocycles. The predicted molar refractivity (Wildman–Crippen MR) is 184 cm³/mol. The number of nitrogens with one attached hydrogen (secondary N) is 3. The number of cyclic esters (lactones) is 2. The number of aromatic hydroxyl groups is 1. The number of allylic oxidation sites excluding steroid dienone is 2. The molecule has 0 saturated heterocycles. The molecule has 4 N–H and O–H groups in total. The van der Waals surface area contributed by atoms with Crippen LogP contribution in [0.15, 0.2) is 60.2 Å². The lowest BCUT2D eigenvalue weighted by atomic mass is 9.93. The molecule has 0 radical (unpaired) electrons. The van der Waals surface area contributed by atoms with Gasteiger partial charge in [-0.3, -0.25) is 24.5 Å². The number of anilines is 1. The number of likely N-dealkylation sites (N-methyl/N-ethyl adjacent to an activating group) is 1. The van der Waals surface area contributed by atoms with E-state index in [0.717, 1.165) is 5.57 Å². The molecule has 7 atom stereocenters. The number of esters is 1. The van der Waals surface area contributed by atoms with Gasteiger partial charge in [-0.05, 0) is 63.3 Å². The number of hydrogen-bond acceptors (Lipinski definition) is 9. The molecule has 0 bridgehead atoms. The molecule has 2 aliphatic heterocycles. The van der Waals surface area contributed by atoms with Crippen molar-refractivity contribution in [2.24, 2.45) is 11.8 Å². The van der Waals surface area contributed by atoms with E-state index in [0.29, 0.717) is 29.7 Å². The van der Waals surface area contributed by atoms with Crippen LogP contribution in [0.25, 0.3) is 0 Å². The van der Waals surface area contributed by atoms with Gasteiger partial charge in [0.05, 0.1) is 24.3 Å². The van der Waals surface area contributed by atoms with Crippen LogP contribution in [0, 0.1) is 11.8 Å². The van der Waals surface area contributed by atoms with Gasteiger partial charge in [0.1, 0.15) is 17.8 Å². The van der Waals surface area contributed by atoms with Gasteiger partial charge in [-0.15, -0.1) is 0 Å². The Balaban J connectivity index is 1.78. The van der Waals surface area contributed by atoms with Gasteiger partial charge in [0.25, 0.3) is 0 Å². The van der Waals surface area contributed by atoms with Crippen molar-refractivity contribution in [3.63, 3.8) is 0 Å². The van der Waals surface area contributed by atoms with Crippen molar-refractivity contribution in [3.8, 4) is 5.75 Å². The van der Waals surface area contributed by atoms with Crippen LogP contribution < -0.4 is 16.0 Å². The summed E-state index contributed by atoms with van der Waals surface area (Å²) < 4.78 is 17.3. The van der Waals surface area contributed by atoms with Crippen molar-refractivity contribution in [1.29, 1.82) is 0 Å². The molecule has 0 spiro atoms. The summed E-state index contributed by atoms with van der Waals surface area (Å²) in [5, 5.41) is 18.3. The van der Waals surface area contributed by atoms with E-state index in [9.17, 15) is 29.1 Å². The van der Waals surface area contributed by atoms with Crippen LogP contribution >= 0.6 is 0 Å². The van der Waals surface area contributed by atoms with Gasteiger partial charge in [0.2, 0.25) is 23.5 Å². The summed E-state index contributed by atoms with van der Waals surface area (Å²) in [6.07, 6.45) is 1.17.